The van der Waals surface area contributed by atoms with Crippen molar-refractivity contribution in [3.8, 4) is 0 Å². The highest BCUT2D eigenvalue weighted by molar-refractivity contribution is 7.11. The molecular weight excluding hydrogens is 218 g/mol. The molecule has 3 heteroatoms. The van der Waals surface area contributed by atoms with Crippen LogP contribution in [-0.4, -0.2) is 0 Å². The van der Waals surface area contributed by atoms with Gasteiger partial charge in [-0.15, -0.1) is 11.3 Å². The van der Waals surface area contributed by atoms with Crippen LogP contribution in [0.1, 0.15) is 35.2 Å². The molecule has 0 spiro atoms. The van der Waals surface area contributed by atoms with Crippen molar-refractivity contribution in [2.45, 2.75) is 32.9 Å². The van der Waals surface area contributed by atoms with E-state index in [1.165, 1.54) is 15.3 Å². The summed E-state index contributed by atoms with van der Waals surface area (Å²) in [5, 5.41) is 3.49. The van der Waals surface area contributed by atoms with Crippen molar-refractivity contribution in [1.29, 1.82) is 0 Å². The average molecular weight is 235 g/mol. The highest BCUT2D eigenvalue weighted by Crippen LogP contribution is 2.18. The lowest BCUT2D eigenvalue weighted by Crippen LogP contribution is -2.16. The quantitative estimate of drug-likeness (QED) is 0.853. The van der Waals surface area contributed by atoms with Gasteiger partial charge in [-0.2, -0.15) is 0 Å². The first-order valence-electron chi connectivity index (χ1n) is 5.62. The predicted molar refractivity (Wildman–Crippen MR) is 67.7 cm³/mol. The number of thiophene rings is 1. The van der Waals surface area contributed by atoms with Crippen LogP contribution in [0, 0.1) is 0 Å². The number of rotatable bonds is 5. The Balaban J connectivity index is 1.87. The Morgan fingerprint density at radius 3 is 2.75 bits per heavy atom. The second kappa shape index (κ2) is 5.32. The number of aryl methyl sites for hydroxylation is 1. The van der Waals surface area contributed by atoms with Gasteiger partial charge in [-0.1, -0.05) is 6.92 Å². The third-order valence-corrected chi connectivity index (χ3v) is 3.92. The van der Waals surface area contributed by atoms with E-state index in [2.05, 4.69) is 31.3 Å². The zero-order valence-electron chi connectivity index (χ0n) is 9.69. The van der Waals surface area contributed by atoms with Gasteiger partial charge in [-0.3, -0.25) is 0 Å². The van der Waals surface area contributed by atoms with Crippen molar-refractivity contribution in [2.75, 3.05) is 0 Å². The van der Waals surface area contributed by atoms with E-state index in [1.807, 2.05) is 17.4 Å². The van der Waals surface area contributed by atoms with E-state index in [4.69, 9.17) is 4.42 Å². The molecule has 1 N–H and O–H groups in total. The Hall–Kier alpha value is -1.06. The first kappa shape index (κ1) is 11.4. The minimum absolute atomic E-state index is 0.339. The average Bonchev–Trinajstić information content (AvgIpc) is 2.96. The first-order chi connectivity index (χ1) is 7.79. The largest absolute Gasteiger partial charge is 0.472 e. The second-order valence-electron chi connectivity index (χ2n) is 3.88. The van der Waals surface area contributed by atoms with Crippen molar-refractivity contribution in [3.05, 3.63) is 46.0 Å². The molecule has 86 valence electrons. The lowest BCUT2D eigenvalue weighted by Gasteiger charge is -2.10. The van der Waals surface area contributed by atoms with Crippen LogP contribution in [0.2, 0.25) is 0 Å². The van der Waals surface area contributed by atoms with Crippen LogP contribution in [0.3, 0.4) is 0 Å². The number of hydrogen-bond donors (Lipinski definition) is 1. The highest BCUT2D eigenvalue weighted by Gasteiger charge is 2.06. The van der Waals surface area contributed by atoms with Crippen LogP contribution in [0.25, 0.3) is 0 Å². The summed E-state index contributed by atoms with van der Waals surface area (Å²) in [6.07, 6.45) is 4.64. The summed E-state index contributed by atoms with van der Waals surface area (Å²) in [5.41, 5.74) is 1.20. The maximum atomic E-state index is 5.07. The number of furan rings is 1. The lowest BCUT2D eigenvalue weighted by molar-refractivity contribution is 0.540. The van der Waals surface area contributed by atoms with Gasteiger partial charge in [0.15, 0.2) is 0 Å². The fourth-order valence-electron chi connectivity index (χ4n) is 1.60. The summed E-state index contributed by atoms with van der Waals surface area (Å²) >= 11 is 1.89. The molecule has 0 radical (unpaired) electrons. The van der Waals surface area contributed by atoms with Crippen molar-refractivity contribution in [1.82, 2.24) is 5.32 Å². The summed E-state index contributed by atoms with van der Waals surface area (Å²) < 4.78 is 5.07. The lowest BCUT2D eigenvalue weighted by atomic mass is 10.2. The Kier molecular flexibility index (Phi) is 3.80. The van der Waals surface area contributed by atoms with Crippen LogP contribution >= 0.6 is 11.3 Å². The summed E-state index contributed by atoms with van der Waals surface area (Å²) in [5.74, 6) is 0. The fraction of sp³-hybridized carbons (Fsp3) is 0.385. The molecule has 0 saturated heterocycles. The van der Waals surface area contributed by atoms with Crippen LogP contribution < -0.4 is 5.32 Å². The van der Waals surface area contributed by atoms with Crippen LogP contribution in [0.5, 0.6) is 0 Å². The zero-order valence-corrected chi connectivity index (χ0v) is 10.5. The van der Waals surface area contributed by atoms with E-state index in [-0.39, 0.29) is 0 Å². The first-order valence-corrected chi connectivity index (χ1v) is 6.44. The Labute approximate surface area is 100 Å². The summed E-state index contributed by atoms with van der Waals surface area (Å²) in [4.78, 5) is 2.85. The molecule has 2 heterocycles. The van der Waals surface area contributed by atoms with Gasteiger partial charge in [0.25, 0.3) is 0 Å². The van der Waals surface area contributed by atoms with Gasteiger partial charge in [-0.25, -0.2) is 0 Å². The fourth-order valence-corrected chi connectivity index (χ4v) is 2.51. The SMILES string of the molecule is CCc1ccc(CNC(C)c2ccoc2)s1. The third kappa shape index (κ3) is 2.74. The van der Waals surface area contributed by atoms with Crippen molar-refractivity contribution < 1.29 is 4.42 Å². The molecule has 2 nitrogen and oxygen atoms in total. The molecule has 0 aliphatic heterocycles. The van der Waals surface area contributed by atoms with E-state index in [9.17, 15) is 0 Å². The molecule has 1 atom stereocenters. The Morgan fingerprint density at radius 2 is 2.12 bits per heavy atom. The normalized spacial score (nSPS) is 12.9. The molecule has 0 aliphatic rings. The standard InChI is InChI=1S/C13H17NOS/c1-3-12-4-5-13(16-12)8-14-10(2)11-6-7-15-9-11/h4-7,9-10,14H,3,8H2,1-2H3. The topological polar surface area (TPSA) is 25.2 Å². The Bertz CT molecular complexity index is 419. The summed E-state index contributed by atoms with van der Waals surface area (Å²) in [6.45, 7) is 5.27. The smallest absolute Gasteiger partial charge is 0.0950 e. The van der Waals surface area contributed by atoms with E-state index in [0.717, 1.165) is 13.0 Å². The predicted octanol–water partition coefficient (Wildman–Crippen LogP) is 3.75. The second-order valence-corrected chi connectivity index (χ2v) is 5.13. The molecule has 0 saturated carbocycles. The van der Waals surface area contributed by atoms with Gasteiger partial charge in [0.05, 0.1) is 12.5 Å². The minimum atomic E-state index is 0.339. The maximum Gasteiger partial charge on any atom is 0.0950 e. The summed E-state index contributed by atoms with van der Waals surface area (Å²) in [6, 6.07) is 6.76. The van der Waals surface area contributed by atoms with Crippen LogP contribution in [-0.2, 0) is 13.0 Å². The van der Waals surface area contributed by atoms with Gasteiger partial charge in [0.2, 0.25) is 0 Å². The molecule has 0 aromatic carbocycles. The van der Waals surface area contributed by atoms with E-state index in [1.54, 1.807) is 12.5 Å². The number of hydrogen-bond acceptors (Lipinski definition) is 3. The van der Waals surface area contributed by atoms with Crippen molar-refractivity contribution in [2.24, 2.45) is 0 Å². The van der Waals surface area contributed by atoms with Gasteiger partial charge in [0.1, 0.15) is 0 Å². The highest BCUT2D eigenvalue weighted by atomic mass is 32.1. The Morgan fingerprint density at radius 1 is 1.31 bits per heavy atom. The molecule has 2 rings (SSSR count). The molecule has 2 aromatic heterocycles. The molecule has 1 unspecified atom stereocenters. The molecule has 0 bridgehead atoms. The van der Waals surface area contributed by atoms with E-state index in [0.29, 0.717) is 6.04 Å². The van der Waals surface area contributed by atoms with Crippen molar-refractivity contribution in [3.63, 3.8) is 0 Å². The maximum absolute atomic E-state index is 5.07. The van der Waals surface area contributed by atoms with Crippen molar-refractivity contribution >= 4 is 11.3 Å². The zero-order chi connectivity index (χ0) is 11.4. The van der Waals surface area contributed by atoms with Crippen LogP contribution in [0.15, 0.2) is 35.1 Å². The molecule has 0 aliphatic carbocycles. The monoisotopic (exact) mass is 235 g/mol. The third-order valence-electron chi connectivity index (χ3n) is 2.69. The van der Waals surface area contributed by atoms with Gasteiger partial charge < -0.3 is 9.73 Å². The van der Waals surface area contributed by atoms with Gasteiger partial charge in [-0.05, 0) is 31.5 Å². The molecule has 0 fully saturated rings. The van der Waals surface area contributed by atoms with Gasteiger partial charge in [0, 0.05) is 27.9 Å². The summed E-state index contributed by atoms with van der Waals surface area (Å²) in [7, 11) is 0. The number of nitrogens with one attached hydrogen (secondary N) is 1. The van der Waals surface area contributed by atoms with E-state index < -0.39 is 0 Å². The van der Waals surface area contributed by atoms with E-state index >= 15 is 0 Å². The van der Waals surface area contributed by atoms with Gasteiger partial charge >= 0.3 is 0 Å². The molecule has 0 amide bonds. The molecule has 2 aromatic rings. The van der Waals surface area contributed by atoms with Crippen LogP contribution in [0.4, 0.5) is 0 Å². The minimum Gasteiger partial charge on any atom is -0.472 e. The molecule has 16 heavy (non-hydrogen) atoms. The molecular formula is C13H17NOS.